The van der Waals surface area contributed by atoms with Gasteiger partial charge in [-0.1, -0.05) is 24.3 Å². The number of esters is 2. The molecule has 2 aliphatic heterocycles. The van der Waals surface area contributed by atoms with Gasteiger partial charge in [-0.15, -0.1) is 0 Å². The second-order valence-corrected chi connectivity index (χ2v) is 10.0. The molecule has 0 atom stereocenters. The Bertz CT molecular complexity index is 1350. The van der Waals surface area contributed by atoms with Gasteiger partial charge in [0.1, 0.15) is 0 Å². The van der Waals surface area contributed by atoms with Crippen LogP contribution in [0.3, 0.4) is 0 Å². The van der Waals surface area contributed by atoms with Gasteiger partial charge in [-0.2, -0.15) is 0 Å². The van der Waals surface area contributed by atoms with E-state index in [0.717, 1.165) is 95.6 Å². The molecule has 2 saturated heterocycles. The molecule has 186 valence electrons. The number of hydrogen-bond donors (Lipinski definition) is 0. The third kappa shape index (κ3) is 3.54. The molecule has 0 bridgehead atoms. The number of piperidine rings is 2. The van der Waals surface area contributed by atoms with Crippen molar-refractivity contribution >= 4 is 55.6 Å². The van der Waals surface area contributed by atoms with Gasteiger partial charge >= 0.3 is 11.9 Å². The SMILES string of the molecule is COC(=O)c1cc(N2CCCCC2)c2ccc3c(C(=O)OC)cc(N4CCCCC4)c4ccc1c2c34. The zero-order valence-corrected chi connectivity index (χ0v) is 21.1. The number of benzene rings is 4. The van der Waals surface area contributed by atoms with Crippen molar-refractivity contribution in [2.24, 2.45) is 0 Å². The monoisotopic (exact) mass is 484 g/mol. The van der Waals surface area contributed by atoms with Crippen molar-refractivity contribution < 1.29 is 19.1 Å². The van der Waals surface area contributed by atoms with E-state index in [1.807, 2.05) is 12.1 Å². The molecule has 6 heteroatoms. The van der Waals surface area contributed by atoms with E-state index in [-0.39, 0.29) is 11.9 Å². The fraction of sp³-hybridized carbons (Fsp3) is 0.400. The number of hydrogen-bond acceptors (Lipinski definition) is 6. The molecule has 0 radical (unpaired) electrons. The van der Waals surface area contributed by atoms with Crippen LogP contribution in [0, 0.1) is 0 Å². The normalized spacial score (nSPS) is 16.7. The summed E-state index contributed by atoms with van der Waals surface area (Å²) in [6, 6.07) is 12.4. The van der Waals surface area contributed by atoms with Gasteiger partial charge in [0.15, 0.2) is 0 Å². The van der Waals surface area contributed by atoms with Crippen LogP contribution in [0.25, 0.3) is 32.3 Å². The largest absolute Gasteiger partial charge is 0.465 e. The Morgan fingerprint density at radius 1 is 0.583 bits per heavy atom. The molecule has 6 rings (SSSR count). The maximum Gasteiger partial charge on any atom is 0.338 e. The second kappa shape index (κ2) is 9.16. The van der Waals surface area contributed by atoms with Crippen LogP contribution < -0.4 is 9.80 Å². The molecular formula is C30H32N2O4. The van der Waals surface area contributed by atoms with Gasteiger partial charge in [-0.05, 0) is 61.4 Å². The number of carbonyl (C=O) groups excluding carboxylic acids is 2. The van der Waals surface area contributed by atoms with Gasteiger partial charge in [0.25, 0.3) is 0 Å². The summed E-state index contributed by atoms with van der Waals surface area (Å²) in [4.78, 5) is 30.8. The number of carbonyl (C=O) groups is 2. The highest BCUT2D eigenvalue weighted by Crippen LogP contribution is 2.45. The standard InChI is InChI=1S/C30H32N2O4/c1-35-29(33)23-17-25(31-13-5-3-6-14-31)21-12-10-20-24(30(34)36-2)18-26(32-15-7-4-8-16-32)22-11-9-19(23)27(21)28(20)22/h9-12,17-18H,3-8,13-16H2,1-2H3. The molecule has 2 fully saturated rings. The zero-order valence-electron chi connectivity index (χ0n) is 21.1. The highest BCUT2D eigenvalue weighted by Gasteiger charge is 2.26. The Hall–Kier alpha value is -3.54. The molecule has 4 aromatic rings. The molecule has 2 aliphatic rings. The number of ether oxygens (including phenoxy) is 2. The molecule has 36 heavy (non-hydrogen) atoms. The summed E-state index contributed by atoms with van der Waals surface area (Å²) in [6.07, 6.45) is 7.02. The average molecular weight is 485 g/mol. The van der Waals surface area contributed by atoms with Crippen molar-refractivity contribution in [3.63, 3.8) is 0 Å². The lowest BCUT2D eigenvalue weighted by Crippen LogP contribution is -2.30. The first kappa shape index (κ1) is 22.9. The minimum Gasteiger partial charge on any atom is -0.465 e. The van der Waals surface area contributed by atoms with Crippen LogP contribution in [0.4, 0.5) is 11.4 Å². The van der Waals surface area contributed by atoms with Crippen molar-refractivity contribution in [2.75, 3.05) is 50.2 Å². The van der Waals surface area contributed by atoms with Crippen molar-refractivity contribution in [3.8, 4) is 0 Å². The van der Waals surface area contributed by atoms with Gasteiger partial charge in [0.2, 0.25) is 0 Å². The summed E-state index contributed by atoms with van der Waals surface area (Å²) in [5.41, 5.74) is 3.28. The van der Waals surface area contributed by atoms with Gasteiger partial charge in [0.05, 0.1) is 25.3 Å². The first-order valence-electron chi connectivity index (χ1n) is 13.1. The van der Waals surface area contributed by atoms with Crippen molar-refractivity contribution in [2.45, 2.75) is 38.5 Å². The first-order chi connectivity index (χ1) is 17.6. The molecule has 0 unspecified atom stereocenters. The molecule has 0 spiro atoms. The smallest absolute Gasteiger partial charge is 0.338 e. The number of anilines is 2. The van der Waals surface area contributed by atoms with Crippen LogP contribution in [-0.2, 0) is 9.47 Å². The highest BCUT2D eigenvalue weighted by atomic mass is 16.5. The number of methoxy groups -OCH3 is 2. The Morgan fingerprint density at radius 3 is 1.31 bits per heavy atom. The van der Waals surface area contributed by atoms with Gasteiger partial charge in [0, 0.05) is 59.1 Å². The van der Waals surface area contributed by atoms with Crippen LogP contribution in [0.5, 0.6) is 0 Å². The van der Waals surface area contributed by atoms with E-state index in [2.05, 4.69) is 34.1 Å². The summed E-state index contributed by atoms with van der Waals surface area (Å²) in [5.74, 6) is -0.675. The number of nitrogens with zero attached hydrogens (tertiary/aromatic N) is 2. The molecule has 0 saturated carbocycles. The fourth-order valence-corrected chi connectivity index (χ4v) is 6.31. The Balaban J connectivity index is 1.74. The second-order valence-electron chi connectivity index (χ2n) is 10.0. The Labute approximate surface area is 211 Å². The van der Waals surface area contributed by atoms with E-state index in [4.69, 9.17) is 9.47 Å². The number of rotatable bonds is 4. The maximum atomic E-state index is 13.0. The summed E-state index contributed by atoms with van der Waals surface area (Å²) < 4.78 is 10.5. The van der Waals surface area contributed by atoms with Crippen LogP contribution in [0.1, 0.15) is 59.2 Å². The minimum atomic E-state index is -0.337. The summed E-state index contributed by atoms with van der Waals surface area (Å²) in [6.45, 7) is 3.88. The predicted octanol–water partition coefficient (Wildman–Crippen LogP) is 6.14. The summed E-state index contributed by atoms with van der Waals surface area (Å²) in [7, 11) is 2.87. The highest BCUT2D eigenvalue weighted by molar-refractivity contribution is 6.32. The molecule has 0 amide bonds. The molecule has 0 aromatic heterocycles. The molecule has 0 N–H and O–H groups in total. The van der Waals surface area contributed by atoms with E-state index in [9.17, 15) is 9.59 Å². The predicted molar refractivity (Wildman–Crippen MR) is 145 cm³/mol. The Kier molecular flexibility index (Phi) is 5.82. The van der Waals surface area contributed by atoms with Crippen LogP contribution in [0.15, 0.2) is 36.4 Å². The third-order valence-corrected chi connectivity index (χ3v) is 8.06. The van der Waals surface area contributed by atoms with Crippen molar-refractivity contribution in [1.29, 1.82) is 0 Å². The van der Waals surface area contributed by atoms with Gasteiger partial charge < -0.3 is 19.3 Å². The first-order valence-corrected chi connectivity index (χ1v) is 13.1. The van der Waals surface area contributed by atoms with E-state index in [0.29, 0.717) is 11.1 Å². The van der Waals surface area contributed by atoms with Crippen LogP contribution in [-0.4, -0.2) is 52.3 Å². The molecule has 0 aliphatic carbocycles. The van der Waals surface area contributed by atoms with Crippen LogP contribution in [0.2, 0.25) is 0 Å². The molecule has 4 aromatic carbocycles. The van der Waals surface area contributed by atoms with Gasteiger partial charge in [-0.25, -0.2) is 9.59 Å². The quantitative estimate of drug-likeness (QED) is 0.256. The summed E-state index contributed by atoms with van der Waals surface area (Å²) in [5, 5.41) is 6.01. The van der Waals surface area contributed by atoms with Crippen LogP contribution >= 0.6 is 0 Å². The lowest BCUT2D eigenvalue weighted by molar-refractivity contribution is 0.0594. The van der Waals surface area contributed by atoms with E-state index in [1.54, 1.807) is 0 Å². The van der Waals surface area contributed by atoms with Gasteiger partial charge in [-0.3, -0.25) is 0 Å². The average Bonchev–Trinajstić information content (AvgIpc) is 2.95. The molecule has 6 nitrogen and oxygen atoms in total. The molecule has 2 heterocycles. The Morgan fingerprint density at radius 2 is 0.944 bits per heavy atom. The maximum absolute atomic E-state index is 13.0. The van der Waals surface area contributed by atoms with E-state index in [1.165, 1.54) is 27.1 Å². The van der Waals surface area contributed by atoms with E-state index < -0.39 is 0 Å². The summed E-state index contributed by atoms with van der Waals surface area (Å²) >= 11 is 0. The van der Waals surface area contributed by atoms with Crippen molar-refractivity contribution in [3.05, 3.63) is 47.5 Å². The van der Waals surface area contributed by atoms with Crippen molar-refractivity contribution in [1.82, 2.24) is 0 Å². The molecular weight excluding hydrogens is 452 g/mol. The topological polar surface area (TPSA) is 59.1 Å². The zero-order chi connectivity index (χ0) is 24.8. The lowest BCUT2D eigenvalue weighted by Gasteiger charge is -2.32. The third-order valence-electron chi connectivity index (χ3n) is 8.06. The lowest BCUT2D eigenvalue weighted by atomic mass is 9.87. The van der Waals surface area contributed by atoms with E-state index >= 15 is 0 Å². The fourth-order valence-electron chi connectivity index (χ4n) is 6.31. The minimum absolute atomic E-state index is 0.337.